The first-order chi connectivity index (χ1) is 13.7. The van der Waals surface area contributed by atoms with E-state index in [0.717, 1.165) is 28.6 Å². The second kappa shape index (κ2) is 8.46. The average molecular weight is 426 g/mol. The molecule has 2 atom stereocenters. The molecule has 1 aromatic carbocycles. The second-order valence-corrected chi connectivity index (χ2v) is 8.94. The molecule has 2 fully saturated rings. The summed E-state index contributed by atoms with van der Waals surface area (Å²) in [5.74, 6) is -1.83. The summed E-state index contributed by atoms with van der Waals surface area (Å²) in [7, 11) is -4.11. The number of benzene rings is 1. The Balaban J connectivity index is 1.87. The van der Waals surface area contributed by atoms with E-state index < -0.39 is 33.8 Å². The molecule has 158 valence electrons. The first-order valence-electron chi connectivity index (χ1n) is 9.31. The molecule has 11 heteroatoms. The summed E-state index contributed by atoms with van der Waals surface area (Å²) in [6.45, 7) is 1.78. The maximum Gasteiger partial charge on any atom is 0.243 e. The maximum absolute atomic E-state index is 13.2. The van der Waals surface area contributed by atoms with Gasteiger partial charge in [-0.1, -0.05) is 0 Å². The van der Waals surface area contributed by atoms with Gasteiger partial charge in [-0.2, -0.15) is 4.31 Å². The van der Waals surface area contributed by atoms with Crippen LogP contribution in [0.3, 0.4) is 0 Å². The van der Waals surface area contributed by atoms with Crippen LogP contribution >= 0.6 is 0 Å². The fourth-order valence-electron chi connectivity index (χ4n) is 3.47. The molecule has 0 radical (unpaired) electrons. The summed E-state index contributed by atoms with van der Waals surface area (Å²) in [6.07, 6.45) is 1.14. The molecule has 0 aliphatic carbocycles. The van der Waals surface area contributed by atoms with Gasteiger partial charge in [0, 0.05) is 33.1 Å². The summed E-state index contributed by atoms with van der Waals surface area (Å²) in [4.78, 5) is 37.9. The van der Waals surface area contributed by atoms with Crippen molar-refractivity contribution in [3.63, 3.8) is 0 Å². The van der Waals surface area contributed by atoms with Crippen molar-refractivity contribution in [3.8, 4) is 0 Å². The van der Waals surface area contributed by atoms with Gasteiger partial charge >= 0.3 is 0 Å². The van der Waals surface area contributed by atoms with E-state index in [0.29, 0.717) is 19.4 Å². The highest BCUT2D eigenvalue weighted by molar-refractivity contribution is 7.89. The summed E-state index contributed by atoms with van der Waals surface area (Å²) in [5, 5.41) is 5.26. The molecule has 0 bridgehead atoms. The summed E-state index contributed by atoms with van der Waals surface area (Å²) in [5.41, 5.74) is 0. The van der Waals surface area contributed by atoms with Crippen LogP contribution in [0.5, 0.6) is 0 Å². The zero-order valence-electron chi connectivity index (χ0n) is 15.9. The van der Waals surface area contributed by atoms with Crippen LogP contribution in [0, 0.1) is 5.82 Å². The lowest BCUT2D eigenvalue weighted by molar-refractivity contribution is -0.136. The van der Waals surface area contributed by atoms with Gasteiger partial charge in [0.15, 0.2) is 0 Å². The minimum absolute atomic E-state index is 0.0890. The zero-order chi connectivity index (χ0) is 21.2. The van der Waals surface area contributed by atoms with E-state index in [9.17, 15) is 27.2 Å². The fraction of sp³-hybridized carbons (Fsp3) is 0.500. The van der Waals surface area contributed by atoms with Gasteiger partial charge in [0.25, 0.3) is 0 Å². The van der Waals surface area contributed by atoms with E-state index in [-0.39, 0.29) is 36.3 Å². The standard InChI is InChI=1S/C18H23FN4O5S/c1-12(24)22-9-10-23(29(27,28)14-6-4-13(19)5-7-14)16(11-22)18(26)21-15-3-2-8-20-17(15)25/h4-7,15-16H,2-3,8-11H2,1H3,(H,20,25)(H,21,26). The van der Waals surface area contributed by atoms with Gasteiger partial charge in [-0.3, -0.25) is 14.4 Å². The van der Waals surface area contributed by atoms with E-state index in [4.69, 9.17) is 0 Å². The largest absolute Gasteiger partial charge is 0.354 e. The molecule has 0 saturated carbocycles. The van der Waals surface area contributed by atoms with Crippen molar-refractivity contribution in [1.29, 1.82) is 0 Å². The number of hydrogen-bond donors (Lipinski definition) is 2. The topological polar surface area (TPSA) is 116 Å². The van der Waals surface area contributed by atoms with Gasteiger partial charge < -0.3 is 15.5 Å². The third-order valence-electron chi connectivity index (χ3n) is 5.10. The third kappa shape index (κ3) is 4.56. The van der Waals surface area contributed by atoms with E-state index in [1.165, 1.54) is 11.8 Å². The Kier molecular flexibility index (Phi) is 6.18. The van der Waals surface area contributed by atoms with Crippen molar-refractivity contribution in [3.05, 3.63) is 30.1 Å². The number of rotatable bonds is 4. The molecule has 3 rings (SSSR count). The van der Waals surface area contributed by atoms with Gasteiger partial charge in [0.1, 0.15) is 17.9 Å². The lowest BCUT2D eigenvalue weighted by Gasteiger charge is -2.39. The predicted molar refractivity (Wildman–Crippen MR) is 101 cm³/mol. The molecule has 0 spiro atoms. The molecule has 2 heterocycles. The molecule has 2 N–H and O–H groups in total. The van der Waals surface area contributed by atoms with Gasteiger partial charge in [0.05, 0.1) is 4.90 Å². The number of piperazine rings is 1. The smallest absolute Gasteiger partial charge is 0.243 e. The van der Waals surface area contributed by atoms with Crippen molar-refractivity contribution in [2.75, 3.05) is 26.2 Å². The molecular formula is C18H23FN4O5S. The van der Waals surface area contributed by atoms with Crippen LogP contribution in [0.25, 0.3) is 0 Å². The Morgan fingerprint density at radius 1 is 1.21 bits per heavy atom. The minimum Gasteiger partial charge on any atom is -0.354 e. The van der Waals surface area contributed by atoms with Crippen LogP contribution < -0.4 is 10.6 Å². The Labute approximate surface area is 168 Å². The zero-order valence-corrected chi connectivity index (χ0v) is 16.7. The van der Waals surface area contributed by atoms with Crippen molar-refractivity contribution in [2.45, 2.75) is 36.7 Å². The molecule has 29 heavy (non-hydrogen) atoms. The predicted octanol–water partition coefficient (Wildman–Crippen LogP) is -0.558. The summed E-state index contributed by atoms with van der Waals surface area (Å²) >= 11 is 0. The molecule has 3 amide bonds. The minimum atomic E-state index is -4.11. The molecule has 2 aliphatic rings. The number of hydrogen-bond acceptors (Lipinski definition) is 5. The quantitative estimate of drug-likeness (QED) is 0.670. The number of amides is 3. The Bertz CT molecular complexity index is 905. The number of nitrogens with one attached hydrogen (secondary N) is 2. The SMILES string of the molecule is CC(=O)N1CCN(S(=O)(=O)c2ccc(F)cc2)C(C(=O)NC2CCCNC2=O)C1. The van der Waals surface area contributed by atoms with Gasteiger partial charge in [-0.05, 0) is 37.1 Å². The molecule has 9 nitrogen and oxygen atoms in total. The van der Waals surface area contributed by atoms with Crippen molar-refractivity contribution < 1.29 is 27.2 Å². The molecule has 2 saturated heterocycles. The molecule has 0 aromatic heterocycles. The summed E-state index contributed by atoms with van der Waals surface area (Å²) < 4.78 is 40.4. The molecule has 2 aliphatic heterocycles. The molecular weight excluding hydrogens is 403 g/mol. The van der Waals surface area contributed by atoms with Crippen LogP contribution in [0.15, 0.2) is 29.2 Å². The highest BCUT2D eigenvalue weighted by atomic mass is 32.2. The lowest BCUT2D eigenvalue weighted by atomic mass is 10.1. The van der Waals surface area contributed by atoms with E-state index >= 15 is 0 Å². The van der Waals surface area contributed by atoms with Gasteiger partial charge in [0.2, 0.25) is 27.7 Å². The van der Waals surface area contributed by atoms with Crippen LogP contribution in [-0.2, 0) is 24.4 Å². The highest BCUT2D eigenvalue weighted by Crippen LogP contribution is 2.22. The van der Waals surface area contributed by atoms with Gasteiger partial charge in [-0.15, -0.1) is 0 Å². The van der Waals surface area contributed by atoms with Crippen molar-refractivity contribution >= 4 is 27.7 Å². The van der Waals surface area contributed by atoms with Gasteiger partial charge in [-0.25, -0.2) is 12.8 Å². The Morgan fingerprint density at radius 3 is 2.52 bits per heavy atom. The fourth-order valence-corrected chi connectivity index (χ4v) is 5.04. The normalized spacial score (nSPS) is 23.4. The van der Waals surface area contributed by atoms with E-state index in [2.05, 4.69) is 10.6 Å². The maximum atomic E-state index is 13.2. The third-order valence-corrected chi connectivity index (χ3v) is 7.02. The average Bonchev–Trinajstić information content (AvgIpc) is 2.69. The van der Waals surface area contributed by atoms with Crippen molar-refractivity contribution in [2.24, 2.45) is 0 Å². The number of piperidine rings is 1. The van der Waals surface area contributed by atoms with Crippen LogP contribution in [0.4, 0.5) is 4.39 Å². The highest BCUT2D eigenvalue weighted by Gasteiger charge is 2.41. The number of halogens is 1. The van der Waals surface area contributed by atoms with Crippen LogP contribution in [0.2, 0.25) is 0 Å². The number of nitrogens with zero attached hydrogens (tertiary/aromatic N) is 2. The monoisotopic (exact) mass is 426 g/mol. The lowest BCUT2D eigenvalue weighted by Crippen LogP contribution is -2.63. The van der Waals surface area contributed by atoms with E-state index in [1.54, 1.807) is 0 Å². The number of carbonyl (C=O) groups is 3. The summed E-state index contributed by atoms with van der Waals surface area (Å²) in [6, 6.07) is 2.37. The molecule has 2 unspecified atom stereocenters. The van der Waals surface area contributed by atoms with Crippen LogP contribution in [-0.4, -0.2) is 73.6 Å². The number of carbonyl (C=O) groups excluding carboxylic acids is 3. The second-order valence-electron chi connectivity index (χ2n) is 7.04. The number of sulfonamides is 1. The van der Waals surface area contributed by atoms with E-state index in [1.807, 2.05) is 0 Å². The van der Waals surface area contributed by atoms with Crippen molar-refractivity contribution in [1.82, 2.24) is 19.8 Å². The first kappa shape index (κ1) is 21.2. The Hall–Kier alpha value is -2.53. The first-order valence-corrected chi connectivity index (χ1v) is 10.7. The Morgan fingerprint density at radius 2 is 1.90 bits per heavy atom. The van der Waals surface area contributed by atoms with Crippen LogP contribution in [0.1, 0.15) is 19.8 Å². The molecule has 1 aromatic rings.